The molecule has 0 aliphatic rings. The van der Waals surface area contributed by atoms with E-state index in [0.717, 1.165) is 5.56 Å². The van der Waals surface area contributed by atoms with E-state index in [4.69, 9.17) is 4.18 Å². The van der Waals surface area contributed by atoms with E-state index in [-0.39, 0.29) is 41.1 Å². The van der Waals surface area contributed by atoms with Gasteiger partial charge in [0.15, 0.2) is 0 Å². The van der Waals surface area contributed by atoms with Gasteiger partial charge in [-0.3, -0.25) is 4.18 Å². The molecule has 0 aliphatic carbocycles. The van der Waals surface area contributed by atoms with E-state index in [2.05, 4.69) is 6.58 Å². The van der Waals surface area contributed by atoms with Crippen molar-refractivity contribution in [1.82, 2.24) is 0 Å². The van der Waals surface area contributed by atoms with Crippen LogP contribution in [-0.4, -0.2) is 44.6 Å². The van der Waals surface area contributed by atoms with Gasteiger partial charge >= 0.3 is 29.6 Å². The number of hydrogen-bond acceptors (Lipinski definition) is 3. The van der Waals surface area contributed by atoms with Crippen LogP contribution in [0.25, 0.3) is 11.0 Å². The second-order valence-electron chi connectivity index (χ2n) is 4.31. The van der Waals surface area contributed by atoms with Crippen molar-refractivity contribution in [2.24, 2.45) is 0 Å². The molecule has 2 rings (SSSR count). The maximum absolute atomic E-state index is 12.4. The van der Waals surface area contributed by atoms with Crippen molar-refractivity contribution in [3.05, 3.63) is 84.4 Å². The molecule has 5 heteroatoms. The minimum atomic E-state index is -3.85. The molecule has 110 valence electrons. The summed E-state index contributed by atoms with van der Waals surface area (Å²) in [6.07, 6.45) is 3.01. The molecule has 22 heavy (non-hydrogen) atoms. The molecule has 0 aliphatic heterocycles. The van der Waals surface area contributed by atoms with E-state index < -0.39 is 10.1 Å². The first kappa shape index (κ1) is 18.9. The summed E-state index contributed by atoms with van der Waals surface area (Å²) in [4.78, 5) is 0.135. The van der Waals surface area contributed by atoms with Crippen molar-refractivity contribution < 1.29 is 12.6 Å². The van der Waals surface area contributed by atoms with Gasteiger partial charge in [-0.2, -0.15) is 8.42 Å². The van der Waals surface area contributed by atoms with Crippen LogP contribution in [0.3, 0.4) is 0 Å². The Morgan fingerprint density at radius 3 is 2.09 bits per heavy atom. The Labute approximate surface area is 153 Å². The summed E-state index contributed by atoms with van der Waals surface area (Å²) in [5.41, 5.74) is 1.38. The summed E-state index contributed by atoms with van der Waals surface area (Å²) in [6, 6.07) is 18.2. The fourth-order valence-electron chi connectivity index (χ4n) is 1.80. The number of hydrogen-bond donors (Lipinski definition) is 0. The van der Waals surface area contributed by atoms with Crippen LogP contribution in [0, 0.1) is 0 Å². The van der Waals surface area contributed by atoms with Crippen LogP contribution < -0.4 is 0 Å². The summed E-state index contributed by atoms with van der Waals surface area (Å²) in [7, 11) is -3.85. The fraction of sp³-hybridized carbons (Fsp3) is 0.0588. The molecule has 0 saturated carbocycles. The summed E-state index contributed by atoms with van der Waals surface area (Å²) >= 11 is 0. The van der Waals surface area contributed by atoms with Gasteiger partial charge in [0.2, 0.25) is 0 Å². The quantitative estimate of drug-likeness (QED) is 0.355. The molecule has 0 atom stereocenters. The predicted octanol–water partition coefficient (Wildman–Crippen LogP) is 3.07. The van der Waals surface area contributed by atoms with E-state index in [1.807, 2.05) is 36.4 Å². The van der Waals surface area contributed by atoms with Crippen LogP contribution in [0.15, 0.2) is 73.3 Å². The molecule has 0 amide bonds. The van der Waals surface area contributed by atoms with Crippen molar-refractivity contribution in [3.63, 3.8) is 0 Å². The molecule has 2 aromatic carbocycles. The van der Waals surface area contributed by atoms with Crippen LogP contribution in [-0.2, 0) is 14.3 Å². The zero-order chi connectivity index (χ0) is 15.1. The van der Waals surface area contributed by atoms with Gasteiger partial charge in [0.05, 0.1) is 6.61 Å². The molecule has 0 saturated heterocycles. The molecule has 0 aromatic heterocycles. The normalized spacial score (nSPS) is 11.5. The zero-order valence-electron chi connectivity index (χ0n) is 11.5. The molecule has 2 aromatic rings. The van der Waals surface area contributed by atoms with Crippen molar-refractivity contribution >= 4 is 50.7 Å². The Morgan fingerprint density at radius 2 is 1.55 bits per heavy atom. The Hall–Kier alpha value is -1.17. The molecule has 3 nitrogen and oxygen atoms in total. The Kier molecular flexibility index (Phi) is 7.79. The van der Waals surface area contributed by atoms with Gasteiger partial charge in [-0.25, -0.2) is 0 Å². The third kappa shape index (κ3) is 5.23. The van der Waals surface area contributed by atoms with Crippen LogP contribution >= 0.6 is 0 Å². The minimum absolute atomic E-state index is 0. The molecule has 0 N–H and O–H groups in total. The summed E-state index contributed by atoms with van der Waals surface area (Å²) in [5, 5.41) is 0. The predicted molar refractivity (Wildman–Crippen MR) is 93.0 cm³/mol. The van der Waals surface area contributed by atoms with Gasteiger partial charge in [-0.15, -0.1) is 6.58 Å². The van der Waals surface area contributed by atoms with Crippen molar-refractivity contribution in [2.75, 3.05) is 6.61 Å². The summed E-state index contributed by atoms with van der Waals surface area (Å²) in [5.74, 6) is 0. The van der Waals surface area contributed by atoms with E-state index in [0.29, 0.717) is 5.56 Å². The van der Waals surface area contributed by atoms with Gasteiger partial charge < -0.3 is 0 Å². The Balaban J connectivity index is 0.00000242. The number of rotatable bonds is 6. The van der Waals surface area contributed by atoms with E-state index in [1.165, 1.54) is 6.08 Å². The monoisotopic (exact) mass is 324 g/mol. The Morgan fingerprint density at radius 1 is 1.00 bits per heavy atom. The standard InChI is InChI=1S/C17H16O3S.Na.H/c1-2-13-20-21(18,19)17(16-11-7-4-8-12-16)14-15-9-5-3-6-10-15;;/h2-12,14H,1,13H2;;. The maximum atomic E-state index is 12.4. The van der Waals surface area contributed by atoms with Gasteiger partial charge in [-0.05, 0) is 17.2 Å². The summed E-state index contributed by atoms with van der Waals surface area (Å²) in [6.45, 7) is 3.42. The molecule has 0 spiro atoms. The first-order chi connectivity index (χ1) is 10.1. The molecule has 0 fully saturated rings. The molecule has 0 heterocycles. The molecular formula is C17H17NaO3S. The zero-order valence-corrected chi connectivity index (χ0v) is 12.3. The first-order valence-corrected chi connectivity index (χ1v) is 7.87. The number of benzene rings is 2. The topological polar surface area (TPSA) is 43.4 Å². The Bertz CT molecular complexity index is 723. The second kappa shape index (κ2) is 9.08. The molecule has 0 radical (unpaired) electrons. The van der Waals surface area contributed by atoms with Crippen molar-refractivity contribution in [3.8, 4) is 0 Å². The van der Waals surface area contributed by atoms with Crippen molar-refractivity contribution in [1.29, 1.82) is 0 Å². The van der Waals surface area contributed by atoms with Crippen LogP contribution in [0.2, 0.25) is 0 Å². The van der Waals surface area contributed by atoms with Crippen LogP contribution in [0.5, 0.6) is 0 Å². The van der Waals surface area contributed by atoms with Crippen LogP contribution in [0.4, 0.5) is 0 Å². The molecule has 0 unspecified atom stereocenters. The first-order valence-electron chi connectivity index (χ1n) is 6.46. The third-order valence-corrected chi connectivity index (χ3v) is 4.10. The summed E-state index contributed by atoms with van der Waals surface area (Å²) < 4.78 is 29.7. The average Bonchev–Trinajstić information content (AvgIpc) is 2.52. The third-order valence-electron chi connectivity index (χ3n) is 2.77. The molecule has 0 bridgehead atoms. The van der Waals surface area contributed by atoms with E-state index in [1.54, 1.807) is 30.3 Å². The fourth-order valence-corrected chi connectivity index (χ4v) is 2.91. The van der Waals surface area contributed by atoms with Gasteiger partial charge in [0, 0.05) is 0 Å². The second-order valence-corrected chi connectivity index (χ2v) is 5.90. The van der Waals surface area contributed by atoms with Gasteiger partial charge in [-0.1, -0.05) is 66.7 Å². The van der Waals surface area contributed by atoms with Gasteiger partial charge in [0.1, 0.15) is 4.91 Å². The van der Waals surface area contributed by atoms with E-state index >= 15 is 0 Å². The van der Waals surface area contributed by atoms with E-state index in [9.17, 15) is 8.42 Å². The average molecular weight is 324 g/mol. The SMILES string of the molecule is C=CCOS(=O)(=O)C(=Cc1ccccc1)c1ccccc1.[NaH]. The van der Waals surface area contributed by atoms with Crippen LogP contribution in [0.1, 0.15) is 11.1 Å². The van der Waals surface area contributed by atoms with Crippen molar-refractivity contribution in [2.45, 2.75) is 0 Å². The van der Waals surface area contributed by atoms with Gasteiger partial charge in [0.25, 0.3) is 10.1 Å². The molecular weight excluding hydrogens is 307 g/mol.